The Bertz CT molecular complexity index is 820. The maximum absolute atomic E-state index is 12.6. The quantitative estimate of drug-likeness (QED) is 0.0432. The standard InChI is InChI=1S/C42H72O4/c1-3-5-7-9-11-13-15-16-17-18-19-20-22-24-26-31-35-39-42(45)46-40(37-33-29-27-30-34-38-41(43)44)36-32-28-25-23-21-14-12-10-8-6-4-2/h11-14,16-17,23,25,32,36,40H,3-10,15,18-22,24,26-31,33-35,37-39H2,1-2H3,(H,43,44)/b13-11-,14-12-,17-16-,25-23-,36-32-. The number of aliphatic carboxylic acids is 1. The Morgan fingerprint density at radius 1 is 0.500 bits per heavy atom. The zero-order chi connectivity index (χ0) is 33.6. The number of carbonyl (C=O) groups is 2. The minimum absolute atomic E-state index is 0.0811. The van der Waals surface area contributed by atoms with Crippen molar-refractivity contribution < 1.29 is 19.4 Å². The van der Waals surface area contributed by atoms with E-state index in [0.29, 0.717) is 6.42 Å². The van der Waals surface area contributed by atoms with Gasteiger partial charge in [-0.2, -0.15) is 0 Å². The molecule has 0 fully saturated rings. The molecule has 0 aromatic carbocycles. The molecule has 0 spiro atoms. The highest BCUT2D eigenvalue weighted by atomic mass is 16.5. The highest BCUT2D eigenvalue weighted by Crippen LogP contribution is 2.15. The second-order valence-electron chi connectivity index (χ2n) is 12.8. The predicted molar refractivity (Wildman–Crippen MR) is 199 cm³/mol. The van der Waals surface area contributed by atoms with Gasteiger partial charge in [-0.1, -0.05) is 146 Å². The van der Waals surface area contributed by atoms with E-state index in [9.17, 15) is 9.59 Å². The summed E-state index contributed by atoms with van der Waals surface area (Å²) in [5.74, 6) is -0.799. The van der Waals surface area contributed by atoms with Crippen molar-refractivity contribution in [3.8, 4) is 0 Å². The van der Waals surface area contributed by atoms with E-state index in [1.807, 2.05) is 0 Å². The van der Waals surface area contributed by atoms with E-state index in [1.165, 1.54) is 89.9 Å². The minimum atomic E-state index is -0.718. The average Bonchev–Trinajstić information content (AvgIpc) is 3.04. The SMILES string of the molecule is CCCCC/C=C\C/C=C\C/C=C\C(CCCCCCCC(=O)O)OC(=O)CCCCCCCCC/C=C\C/C=C\CCCCC. The number of hydrogen-bond donors (Lipinski definition) is 1. The zero-order valence-electron chi connectivity index (χ0n) is 30.1. The normalized spacial score (nSPS) is 12.9. The van der Waals surface area contributed by atoms with Crippen molar-refractivity contribution in [3.63, 3.8) is 0 Å². The topological polar surface area (TPSA) is 63.6 Å². The summed E-state index contributed by atoms with van der Waals surface area (Å²) in [5.41, 5.74) is 0. The molecule has 0 aromatic heterocycles. The summed E-state index contributed by atoms with van der Waals surface area (Å²) in [5, 5.41) is 8.80. The first kappa shape index (κ1) is 43.6. The van der Waals surface area contributed by atoms with Gasteiger partial charge in [0.2, 0.25) is 0 Å². The van der Waals surface area contributed by atoms with Gasteiger partial charge in [-0.3, -0.25) is 9.59 Å². The average molecular weight is 641 g/mol. The maximum atomic E-state index is 12.6. The van der Waals surface area contributed by atoms with E-state index >= 15 is 0 Å². The van der Waals surface area contributed by atoms with E-state index in [4.69, 9.17) is 9.84 Å². The molecular formula is C42H72O4. The van der Waals surface area contributed by atoms with Gasteiger partial charge in [0.05, 0.1) is 0 Å². The van der Waals surface area contributed by atoms with Crippen LogP contribution in [0, 0.1) is 0 Å². The van der Waals surface area contributed by atoms with Gasteiger partial charge in [0.15, 0.2) is 0 Å². The minimum Gasteiger partial charge on any atom is -0.481 e. The number of hydrogen-bond acceptors (Lipinski definition) is 3. The molecule has 0 bridgehead atoms. The van der Waals surface area contributed by atoms with Crippen LogP contribution >= 0.6 is 0 Å². The molecule has 0 radical (unpaired) electrons. The van der Waals surface area contributed by atoms with E-state index in [1.54, 1.807) is 0 Å². The van der Waals surface area contributed by atoms with Gasteiger partial charge >= 0.3 is 11.9 Å². The second kappa shape index (κ2) is 37.1. The first-order valence-electron chi connectivity index (χ1n) is 19.3. The van der Waals surface area contributed by atoms with Gasteiger partial charge in [0.25, 0.3) is 0 Å². The van der Waals surface area contributed by atoms with Crippen LogP contribution in [0.15, 0.2) is 60.8 Å². The van der Waals surface area contributed by atoms with Gasteiger partial charge in [0, 0.05) is 12.8 Å². The summed E-state index contributed by atoms with van der Waals surface area (Å²) in [6, 6.07) is 0. The van der Waals surface area contributed by atoms with Gasteiger partial charge < -0.3 is 9.84 Å². The molecule has 0 aliphatic heterocycles. The molecule has 46 heavy (non-hydrogen) atoms. The number of carboxylic acids is 1. The molecular weight excluding hydrogens is 568 g/mol. The Hall–Kier alpha value is -2.36. The monoisotopic (exact) mass is 641 g/mol. The lowest BCUT2D eigenvalue weighted by Crippen LogP contribution is -2.16. The molecule has 0 saturated carbocycles. The number of allylic oxidation sites excluding steroid dienone is 9. The highest BCUT2D eigenvalue weighted by molar-refractivity contribution is 5.69. The zero-order valence-corrected chi connectivity index (χ0v) is 30.1. The Morgan fingerprint density at radius 3 is 1.43 bits per heavy atom. The number of esters is 1. The summed E-state index contributed by atoms with van der Waals surface area (Å²) < 4.78 is 5.88. The molecule has 0 saturated heterocycles. The van der Waals surface area contributed by atoms with Crippen LogP contribution in [0.25, 0.3) is 0 Å². The Balaban J connectivity index is 4.16. The Morgan fingerprint density at radius 2 is 0.913 bits per heavy atom. The van der Waals surface area contributed by atoms with Gasteiger partial charge in [-0.25, -0.2) is 0 Å². The Labute approximate surface area is 284 Å². The van der Waals surface area contributed by atoms with E-state index in [0.717, 1.165) is 70.6 Å². The summed E-state index contributed by atoms with van der Waals surface area (Å²) in [7, 11) is 0. The largest absolute Gasteiger partial charge is 0.481 e. The van der Waals surface area contributed by atoms with Gasteiger partial charge in [0.1, 0.15) is 6.10 Å². The third-order valence-corrected chi connectivity index (χ3v) is 8.20. The molecule has 0 aliphatic rings. The van der Waals surface area contributed by atoms with Crippen LogP contribution in [0.3, 0.4) is 0 Å². The van der Waals surface area contributed by atoms with E-state index in [2.05, 4.69) is 74.6 Å². The molecule has 4 heteroatoms. The number of carboxylic acid groups (broad SMARTS) is 1. The van der Waals surface area contributed by atoms with Crippen molar-refractivity contribution >= 4 is 11.9 Å². The van der Waals surface area contributed by atoms with Crippen molar-refractivity contribution in [1.82, 2.24) is 0 Å². The first-order chi connectivity index (χ1) is 22.6. The highest BCUT2D eigenvalue weighted by Gasteiger charge is 2.11. The molecule has 0 amide bonds. The van der Waals surface area contributed by atoms with E-state index in [-0.39, 0.29) is 18.5 Å². The third-order valence-electron chi connectivity index (χ3n) is 8.20. The molecule has 0 aliphatic carbocycles. The fourth-order valence-electron chi connectivity index (χ4n) is 5.31. The molecule has 0 rings (SSSR count). The fraction of sp³-hybridized carbons (Fsp3) is 0.714. The van der Waals surface area contributed by atoms with Crippen molar-refractivity contribution in [2.45, 2.75) is 193 Å². The lowest BCUT2D eigenvalue weighted by molar-refractivity contribution is -0.147. The number of carbonyl (C=O) groups excluding carboxylic acids is 1. The predicted octanol–water partition coefficient (Wildman–Crippen LogP) is 13.3. The van der Waals surface area contributed by atoms with Crippen LogP contribution in [0.1, 0.15) is 187 Å². The van der Waals surface area contributed by atoms with Crippen molar-refractivity contribution in [2.75, 3.05) is 0 Å². The van der Waals surface area contributed by atoms with Crippen molar-refractivity contribution in [1.29, 1.82) is 0 Å². The summed E-state index contributed by atoms with van der Waals surface area (Å²) in [6.45, 7) is 4.48. The third kappa shape index (κ3) is 36.1. The first-order valence-corrected chi connectivity index (χ1v) is 19.3. The molecule has 0 aromatic rings. The van der Waals surface area contributed by atoms with Crippen LogP contribution in [-0.2, 0) is 14.3 Å². The fourth-order valence-corrected chi connectivity index (χ4v) is 5.31. The number of ether oxygens (including phenoxy) is 1. The number of unbranched alkanes of at least 4 members (excludes halogenated alkanes) is 17. The number of rotatable bonds is 34. The van der Waals surface area contributed by atoms with Crippen molar-refractivity contribution in [2.24, 2.45) is 0 Å². The smallest absolute Gasteiger partial charge is 0.306 e. The molecule has 1 atom stereocenters. The molecule has 4 nitrogen and oxygen atoms in total. The molecule has 1 N–H and O–H groups in total. The molecule has 264 valence electrons. The molecule has 1 unspecified atom stereocenters. The lowest BCUT2D eigenvalue weighted by atomic mass is 10.1. The van der Waals surface area contributed by atoms with Crippen LogP contribution in [0.2, 0.25) is 0 Å². The molecule has 0 heterocycles. The van der Waals surface area contributed by atoms with Crippen LogP contribution in [0.5, 0.6) is 0 Å². The van der Waals surface area contributed by atoms with Crippen LogP contribution in [-0.4, -0.2) is 23.1 Å². The van der Waals surface area contributed by atoms with E-state index < -0.39 is 5.97 Å². The van der Waals surface area contributed by atoms with Crippen molar-refractivity contribution in [3.05, 3.63) is 60.8 Å². The van der Waals surface area contributed by atoms with Gasteiger partial charge in [-0.15, -0.1) is 0 Å². The second-order valence-corrected chi connectivity index (χ2v) is 12.8. The summed E-state index contributed by atoms with van der Waals surface area (Å²) in [6.07, 6.45) is 51.0. The Kier molecular flexibility index (Phi) is 35.2. The lowest BCUT2D eigenvalue weighted by Gasteiger charge is -2.14. The van der Waals surface area contributed by atoms with Crippen LogP contribution in [0.4, 0.5) is 0 Å². The summed E-state index contributed by atoms with van der Waals surface area (Å²) >= 11 is 0. The van der Waals surface area contributed by atoms with Gasteiger partial charge in [-0.05, 0) is 89.5 Å². The maximum Gasteiger partial charge on any atom is 0.306 e. The van der Waals surface area contributed by atoms with Crippen LogP contribution < -0.4 is 0 Å². The summed E-state index contributed by atoms with van der Waals surface area (Å²) in [4.78, 5) is 23.3.